The zero-order valence-electron chi connectivity index (χ0n) is 13.1. The molecule has 1 heterocycles. The van der Waals surface area contributed by atoms with E-state index in [1.165, 1.54) is 0 Å². The second-order valence-corrected chi connectivity index (χ2v) is 6.71. The molecule has 1 aromatic carbocycles. The van der Waals surface area contributed by atoms with Gasteiger partial charge in [0.2, 0.25) is 11.8 Å². The molecule has 1 saturated carbocycles. The van der Waals surface area contributed by atoms with Gasteiger partial charge in [-0.25, -0.2) is 8.78 Å². The van der Waals surface area contributed by atoms with Gasteiger partial charge in [-0.05, 0) is 30.7 Å². The molecule has 1 N–H and O–H groups in total. The van der Waals surface area contributed by atoms with Gasteiger partial charge in [-0.15, -0.1) is 0 Å². The highest BCUT2D eigenvalue weighted by Crippen LogP contribution is 2.43. The van der Waals surface area contributed by atoms with Crippen molar-refractivity contribution < 1.29 is 18.7 Å². The first-order valence-corrected chi connectivity index (χ1v) is 8.36. The lowest BCUT2D eigenvalue weighted by molar-refractivity contribution is -0.134. The van der Waals surface area contributed by atoms with Gasteiger partial charge in [0.1, 0.15) is 0 Å². The number of carbonyl (C=O) groups excluding carboxylic acids is 1. The van der Waals surface area contributed by atoms with Gasteiger partial charge < -0.3 is 10.0 Å². The Bertz CT molecular complexity index is 539. The summed E-state index contributed by atoms with van der Waals surface area (Å²) in [6, 6.07) is 9.06. The first kappa shape index (κ1) is 16.4. The number of halogens is 2. The van der Waals surface area contributed by atoms with E-state index in [0.717, 1.165) is 5.56 Å². The van der Waals surface area contributed by atoms with Crippen LogP contribution in [-0.2, 0) is 4.79 Å². The van der Waals surface area contributed by atoms with E-state index in [1.807, 2.05) is 30.3 Å². The molecule has 1 aliphatic carbocycles. The molecule has 0 spiro atoms. The van der Waals surface area contributed by atoms with Crippen LogP contribution >= 0.6 is 0 Å². The SMILES string of the molecule is O=C1CC[C@@H](C2CCC(F)(F)CC2)N1C(CO)c1ccccc1. The molecule has 2 aliphatic rings. The molecule has 23 heavy (non-hydrogen) atoms. The zero-order valence-corrected chi connectivity index (χ0v) is 13.1. The molecule has 1 unspecified atom stereocenters. The minimum Gasteiger partial charge on any atom is -0.394 e. The highest BCUT2D eigenvalue weighted by atomic mass is 19.3. The second-order valence-electron chi connectivity index (χ2n) is 6.71. The third-order valence-corrected chi connectivity index (χ3v) is 5.30. The number of nitrogens with zero attached hydrogens (tertiary/aromatic N) is 1. The topological polar surface area (TPSA) is 40.5 Å². The van der Waals surface area contributed by atoms with E-state index >= 15 is 0 Å². The van der Waals surface area contributed by atoms with Crippen molar-refractivity contribution in [1.29, 1.82) is 0 Å². The van der Waals surface area contributed by atoms with Crippen LogP contribution in [0.1, 0.15) is 50.1 Å². The zero-order chi connectivity index (χ0) is 16.4. The molecule has 3 rings (SSSR count). The van der Waals surface area contributed by atoms with Crippen molar-refractivity contribution in [2.24, 2.45) is 5.92 Å². The molecule has 0 aromatic heterocycles. The summed E-state index contributed by atoms with van der Waals surface area (Å²) in [5, 5.41) is 9.84. The molecule has 5 heteroatoms. The Morgan fingerprint density at radius 2 is 1.83 bits per heavy atom. The standard InChI is InChI=1S/C18H23F2NO2/c19-18(20)10-8-14(9-11-18)15-6-7-17(23)21(15)16(12-22)13-4-2-1-3-5-13/h1-5,14-16,22H,6-12H2/t15-,16?/m0/s1. The smallest absolute Gasteiger partial charge is 0.248 e. The molecule has 1 aromatic rings. The predicted molar refractivity (Wildman–Crippen MR) is 83.0 cm³/mol. The van der Waals surface area contributed by atoms with E-state index in [0.29, 0.717) is 25.7 Å². The van der Waals surface area contributed by atoms with Crippen molar-refractivity contribution in [2.45, 2.75) is 56.5 Å². The number of likely N-dealkylation sites (tertiary alicyclic amines) is 1. The Hall–Kier alpha value is -1.49. The lowest BCUT2D eigenvalue weighted by atomic mass is 9.80. The first-order chi connectivity index (χ1) is 11.0. The molecule has 1 saturated heterocycles. The van der Waals surface area contributed by atoms with E-state index in [-0.39, 0.29) is 43.4 Å². The molecular weight excluding hydrogens is 300 g/mol. The predicted octanol–water partition coefficient (Wildman–Crippen LogP) is 3.54. The maximum absolute atomic E-state index is 13.4. The highest BCUT2D eigenvalue weighted by Gasteiger charge is 2.44. The van der Waals surface area contributed by atoms with Crippen LogP contribution in [0.25, 0.3) is 0 Å². The van der Waals surface area contributed by atoms with Crippen molar-refractivity contribution >= 4 is 5.91 Å². The van der Waals surface area contributed by atoms with Gasteiger partial charge in [0.15, 0.2) is 0 Å². The van der Waals surface area contributed by atoms with Crippen LogP contribution in [0, 0.1) is 5.92 Å². The quantitative estimate of drug-likeness (QED) is 0.921. The van der Waals surface area contributed by atoms with Crippen molar-refractivity contribution in [3.63, 3.8) is 0 Å². The third kappa shape index (κ3) is 3.39. The van der Waals surface area contributed by atoms with Crippen molar-refractivity contribution in [1.82, 2.24) is 4.90 Å². The molecule has 2 fully saturated rings. The monoisotopic (exact) mass is 323 g/mol. The lowest BCUT2D eigenvalue weighted by Gasteiger charge is -2.39. The molecule has 1 aliphatic heterocycles. The van der Waals surface area contributed by atoms with Crippen LogP contribution in [0.4, 0.5) is 8.78 Å². The van der Waals surface area contributed by atoms with Crippen LogP contribution in [0.3, 0.4) is 0 Å². The number of alkyl halides is 2. The maximum Gasteiger partial charge on any atom is 0.248 e. The van der Waals surface area contributed by atoms with Crippen LogP contribution in [-0.4, -0.2) is 34.5 Å². The number of amides is 1. The Morgan fingerprint density at radius 3 is 2.43 bits per heavy atom. The molecule has 0 radical (unpaired) electrons. The average molecular weight is 323 g/mol. The molecule has 3 nitrogen and oxygen atoms in total. The normalized spacial score (nSPS) is 26.5. The summed E-state index contributed by atoms with van der Waals surface area (Å²) in [5.74, 6) is -2.42. The van der Waals surface area contributed by atoms with Gasteiger partial charge >= 0.3 is 0 Å². The number of aliphatic hydroxyl groups is 1. The minimum absolute atomic E-state index is 0.0234. The Morgan fingerprint density at radius 1 is 1.17 bits per heavy atom. The largest absolute Gasteiger partial charge is 0.394 e. The van der Waals surface area contributed by atoms with Crippen LogP contribution in [0.15, 0.2) is 30.3 Å². The second kappa shape index (κ2) is 6.56. The van der Waals surface area contributed by atoms with Crippen molar-refractivity contribution in [2.75, 3.05) is 6.61 Å². The minimum atomic E-state index is -2.56. The number of carbonyl (C=O) groups is 1. The molecule has 126 valence electrons. The molecule has 0 bridgehead atoms. The van der Waals surface area contributed by atoms with Crippen LogP contribution < -0.4 is 0 Å². The third-order valence-electron chi connectivity index (χ3n) is 5.30. The fourth-order valence-electron chi connectivity index (χ4n) is 4.07. The fourth-order valence-corrected chi connectivity index (χ4v) is 4.07. The van der Waals surface area contributed by atoms with Crippen molar-refractivity contribution in [3.05, 3.63) is 35.9 Å². The Balaban J connectivity index is 1.79. The van der Waals surface area contributed by atoms with E-state index in [1.54, 1.807) is 4.90 Å². The maximum atomic E-state index is 13.4. The molecular formula is C18H23F2NO2. The highest BCUT2D eigenvalue weighted by molar-refractivity contribution is 5.79. The fraction of sp³-hybridized carbons (Fsp3) is 0.611. The van der Waals surface area contributed by atoms with E-state index < -0.39 is 5.92 Å². The van der Waals surface area contributed by atoms with Gasteiger partial charge in [0.25, 0.3) is 0 Å². The summed E-state index contributed by atoms with van der Waals surface area (Å²) >= 11 is 0. The summed E-state index contributed by atoms with van der Waals surface area (Å²) < 4.78 is 26.8. The van der Waals surface area contributed by atoms with E-state index in [2.05, 4.69) is 0 Å². The summed E-state index contributed by atoms with van der Waals surface area (Å²) in [5.41, 5.74) is 0.899. The number of hydrogen-bond donors (Lipinski definition) is 1. The van der Waals surface area contributed by atoms with Crippen LogP contribution in [0.5, 0.6) is 0 Å². The van der Waals surface area contributed by atoms with E-state index in [4.69, 9.17) is 0 Å². The number of rotatable bonds is 4. The summed E-state index contributed by atoms with van der Waals surface area (Å²) in [4.78, 5) is 14.2. The van der Waals surface area contributed by atoms with Crippen LogP contribution in [0.2, 0.25) is 0 Å². The number of aliphatic hydroxyl groups excluding tert-OH is 1. The summed E-state index contributed by atoms with van der Waals surface area (Å²) in [7, 11) is 0. The number of benzene rings is 1. The Labute approximate surface area is 135 Å². The summed E-state index contributed by atoms with van der Waals surface area (Å²) in [6.45, 7) is -0.144. The Kier molecular flexibility index (Phi) is 4.67. The van der Waals surface area contributed by atoms with Gasteiger partial charge in [-0.1, -0.05) is 30.3 Å². The van der Waals surface area contributed by atoms with Gasteiger partial charge in [0.05, 0.1) is 12.6 Å². The van der Waals surface area contributed by atoms with E-state index in [9.17, 15) is 18.7 Å². The lowest BCUT2D eigenvalue weighted by Crippen LogP contribution is -2.44. The summed E-state index contributed by atoms with van der Waals surface area (Å²) in [6.07, 6.45) is 1.87. The van der Waals surface area contributed by atoms with Gasteiger partial charge in [-0.2, -0.15) is 0 Å². The number of hydrogen-bond acceptors (Lipinski definition) is 2. The average Bonchev–Trinajstić information content (AvgIpc) is 2.91. The molecule has 1 amide bonds. The van der Waals surface area contributed by atoms with Crippen molar-refractivity contribution in [3.8, 4) is 0 Å². The van der Waals surface area contributed by atoms with Gasteiger partial charge in [0, 0.05) is 25.3 Å². The molecule has 2 atom stereocenters. The first-order valence-electron chi connectivity index (χ1n) is 8.36. The van der Waals surface area contributed by atoms with Gasteiger partial charge in [-0.3, -0.25) is 4.79 Å².